The van der Waals surface area contributed by atoms with Crippen molar-refractivity contribution >= 4 is 5.96 Å². The third kappa shape index (κ3) is 4.53. The summed E-state index contributed by atoms with van der Waals surface area (Å²) in [5.74, 6) is 0.677. The van der Waals surface area contributed by atoms with Crippen molar-refractivity contribution in [2.75, 3.05) is 6.54 Å². The zero-order valence-corrected chi connectivity index (χ0v) is 11.6. The van der Waals surface area contributed by atoms with E-state index in [-0.39, 0.29) is 5.82 Å². The molecule has 1 fully saturated rings. The number of nitriles is 1. The Hall–Kier alpha value is -2.10. The fourth-order valence-electron chi connectivity index (χ4n) is 2.40. The van der Waals surface area contributed by atoms with Crippen LogP contribution in [0, 0.1) is 11.3 Å². The third-order valence-electron chi connectivity index (χ3n) is 3.45. The molecule has 2 rings (SSSR count). The Morgan fingerprint density at radius 3 is 2.85 bits per heavy atom. The van der Waals surface area contributed by atoms with Gasteiger partial charge in [-0.05, 0) is 12.8 Å². The average molecular weight is 275 g/mol. The Bertz CT molecular complexity index is 477. The van der Waals surface area contributed by atoms with E-state index in [9.17, 15) is 0 Å². The van der Waals surface area contributed by atoms with Gasteiger partial charge in [-0.1, -0.05) is 25.7 Å². The summed E-state index contributed by atoms with van der Waals surface area (Å²) in [6, 6.07) is 2.35. The van der Waals surface area contributed by atoms with Gasteiger partial charge in [0.05, 0.1) is 13.1 Å². The van der Waals surface area contributed by atoms with Crippen LogP contribution in [0.25, 0.3) is 0 Å². The number of hydrogen-bond acceptors (Lipinski definition) is 4. The highest BCUT2D eigenvalue weighted by Gasteiger charge is 2.12. The molecule has 0 aliphatic heterocycles. The molecule has 7 heteroatoms. The smallest absolute Gasteiger partial charge is 0.252 e. The molecule has 0 bridgehead atoms. The summed E-state index contributed by atoms with van der Waals surface area (Å²) >= 11 is 0. The average Bonchev–Trinajstić information content (AvgIpc) is 2.75. The lowest BCUT2D eigenvalue weighted by molar-refractivity contribution is 0.529. The second kappa shape index (κ2) is 7.48. The highest BCUT2D eigenvalue weighted by molar-refractivity contribution is 5.78. The van der Waals surface area contributed by atoms with Crippen LogP contribution in [-0.4, -0.2) is 33.3 Å². The van der Waals surface area contributed by atoms with Gasteiger partial charge in [0.2, 0.25) is 0 Å². The maximum absolute atomic E-state index is 8.62. The summed E-state index contributed by atoms with van der Waals surface area (Å²) in [7, 11) is 0. The van der Waals surface area contributed by atoms with Gasteiger partial charge in [-0.15, -0.1) is 5.10 Å². The molecule has 1 heterocycles. The molecule has 0 radical (unpaired) electrons. The predicted octanol–water partition coefficient (Wildman–Crippen LogP) is 0.777. The maximum atomic E-state index is 8.62. The first-order valence-electron chi connectivity index (χ1n) is 7.14. The quantitative estimate of drug-likeness (QED) is 0.480. The number of nitrogens with one attached hydrogen (secondary N) is 1. The van der Waals surface area contributed by atoms with Gasteiger partial charge in [-0.2, -0.15) is 5.26 Å². The Balaban J connectivity index is 1.74. The van der Waals surface area contributed by atoms with Gasteiger partial charge >= 0.3 is 0 Å². The lowest BCUT2D eigenvalue weighted by atomic mass is 10.1. The number of hydrogen-bond donors (Lipinski definition) is 2. The summed E-state index contributed by atoms with van der Waals surface area (Å²) in [5.41, 5.74) is 5.89. The van der Waals surface area contributed by atoms with Gasteiger partial charge in [-0.3, -0.25) is 4.99 Å². The maximum Gasteiger partial charge on any atom is 0.252 e. The molecular formula is C13H21N7. The number of nitrogens with zero attached hydrogens (tertiary/aromatic N) is 5. The Kier molecular flexibility index (Phi) is 5.35. The van der Waals surface area contributed by atoms with Gasteiger partial charge in [0.15, 0.2) is 5.96 Å². The van der Waals surface area contributed by atoms with Crippen molar-refractivity contribution in [3.8, 4) is 6.07 Å². The fourth-order valence-corrected chi connectivity index (χ4v) is 2.40. The Morgan fingerprint density at radius 2 is 2.20 bits per heavy atom. The number of rotatable bonds is 4. The SMILES string of the molecule is N#Cc1ncn(CCN=C(N)NC2CCCCCC2)n1. The van der Waals surface area contributed by atoms with E-state index >= 15 is 0 Å². The van der Waals surface area contributed by atoms with E-state index in [1.54, 1.807) is 4.68 Å². The number of nitrogens with two attached hydrogens (primary N) is 1. The van der Waals surface area contributed by atoms with Gasteiger partial charge in [-0.25, -0.2) is 9.67 Å². The zero-order valence-electron chi connectivity index (χ0n) is 11.6. The van der Waals surface area contributed by atoms with Gasteiger partial charge in [0, 0.05) is 6.04 Å². The van der Waals surface area contributed by atoms with Crippen LogP contribution in [0.4, 0.5) is 0 Å². The third-order valence-corrected chi connectivity index (χ3v) is 3.45. The molecule has 0 amide bonds. The molecule has 0 unspecified atom stereocenters. The molecule has 1 aromatic rings. The van der Waals surface area contributed by atoms with Crippen molar-refractivity contribution in [2.24, 2.45) is 10.7 Å². The lowest BCUT2D eigenvalue weighted by Crippen LogP contribution is -2.40. The number of aliphatic imine (C=N–C) groups is 1. The molecule has 1 aliphatic rings. The van der Waals surface area contributed by atoms with E-state index in [1.807, 2.05) is 6.07 Å². The molecular weight excluding hydrogens is 254 g/mol. The van der Waals surface area contributed by atoms with Crippen molar-refractivity contribution in [1.29, 1.82) is 5.26 Å². The normalized spacial score (nSPS) is 17.4. The first kappa shape index (κ1) is 14.3. The molecule has 108 valence electrons. The number of guanidine groups is 1. The van der Waals surface area contributed by atoms with Crippen molar-refractivity contribution in [2.45, 2.75) is 51.1 Å². The molecule has 3 N–H and O–H groups in total. The fraction of sp³-hybridized carbons (Fsp3) is 0.692. The Morgan fingerprint density at radius 1 is 1.45 bits per heavy atom. The molecule has 1 saturated carbocycles. The summed E-state index contributed by atoms with van der Waals surface area (Å²) < 4.78 is 1.60. The van der Waals surface area contributed by atoms with Crippen molar-refractivity contribution in [3.63, 3.8) is 0 Å². The standard InChI is InChI=1S/C13H21N7/c14-9-12-17-10-20(19-12)8-7-16-13(15)18-11-5-3-1-2-4-6-11/h10-11H,1-8H2,(H3,15,16,18). The van der Waals surface area contributed by atoms with Crippen LogP contribution in [0.3, 0.4) is 0 Å². The van der Waals surface area contributed by atoms with Crippen molar-refractivity contribution < 1.29 is 0 Å². The highest BCUT2D eigenvalue weighted by atomic mass is 15.3. The molecule has 0 saturated heterocycles. The summed E-state index contributed by atoms with van der Waals surface area (Å²) in [5, 5.41) is 15.9. The lowest BCUT2D eigenvalue weighted by Gasteiger charge is -2.16. The number of aromatic nitrogens is 3. The minimum absolute atomic E-state index is 0.179. The van der Waals surface area contributed by atoms with Crippen LogP contribution >= 0.6 is 0 Å². The van der Waals surface area contributed by atoms with Crippen LogP contribution in [0.1, 0.15) is 44.3 Å². The molecule has 20 heavy (non-hydrogen) atoms. The molecule has 0 aromatic carbocycles. The minimum atomic E-state index is 0.179. The van der Waals surface area contributed by atoms with Gasteiger partial charge < -0.3 is 11.1 Å². The highest BCUT2D eigenvalue weighted by Crippen LogP contribution is 2.16. The van der Waals surface area contributed by atoms with Crippen LogP contribution < -0.4 is 11.1 Å². The van der Waals surface area contributed by atoms with E-state index in [1.165, 1.54) is 44.9 Å². The topological polar surface area (TPSA) is 105 Å². The first-order valence-corrected chi connectivity index (χ1v) is 7.14. The summed E-state index contributed by atoms with van der Waals surface area (Å²) in [6.45, 7) is 1.10. The summed E-state index contributed by atoms with van der Waals surface area (Å²) in [4.78, 5) is 8.12. The van der Waals surface area contributed by atoms with E-state index < -0.39 is 0 Å². The van der Waals surface area contributed by atoms with E-state index in [4.69, 9.17) is 11.0 Å². The second-order valence-electron chi connectivity index (χ2n) is 5.04. The first-order chi connectivity index (χ1) is 9.78. The molecule has 7 nitrogen and oxygen atoms in total. The summed E-state index contributed by atoms with van der Waals surface area (Å²) in [6.07, 6.45) is 9.05. The van der Waals surface area contributed by atoms with Crippen molar-refractivity contribution in [1.82, 2.24) is 20.1 Å². The molecule has 1 aliphatic carbocycles. The van der Waals surface area contributed by atoms with Crippen LogP contribution in [-0.2, 0) is 6.54 Å². The Labute approximate surface area is 118 Å². The van der Waals surface area contributed by atoms with E-state index in [2.05, 4.69) is 20.4 Å². The second-order valence-corrected chi connectivity index (χ2v) is 5.04. The minimum Gasteiger partial charge on any atom is -0.370 e. The van der Waals surface area contributed by atoms with Crippen LogP contribution in [0.5, 0.6) is 0 Å². The van der Waals surface area contributed by atoms with Gasteiger partial charge in [0.1, 0.15) is 12.4 Å². The molecule has 0 spiro atoms. The molecule has 0 atom stereocenters. The largest absolute Gasteiger partial charge is 0.370 e. The van der Waals surface area contributed by atoms with Crippen LogP contribution in [0.15, 0.2) is 11.3 Å². The van der Waals surface area contributed by atoms with E-state index in [0.29, 0.717) is 25.1 Å². The monoisotopic (exact) mass is 275 g/mol. The van der Waals surface area contributed by atoms with Gasteiger partial charge in [0.25, 0.3) is 5.82 Å². The molecule has 1 aromatic heterocycles. The van der Waals surface area contributed by atoms with Crippen molar-refractivity contribution in [3.05, 3.63) is 12.2 Å². The van der Waals surface area contributed by atoms with E-state index in [0.717, 1.165) is 0 Å². The zero-order chi connectivity index (χ0) is 14.2. The van der Waals surface area contributed by atoms with Crippen LogP contribution in [0.2, 0.25) is 0 Å². The predicted molar refractivity (Wildman–Crippen MR) is 75.9 cm³/mol.